The minimum atomic E-state index is -2.63. The van der Waals surface area contributed by atoms with Crippen LogP contribution >= 0.6 is 7.37 Å². The van der Waals surface area contributed by atoms with E-state index in [-0.39, 0.29) is 0 Å². The molecular weight excluding hydrogens is 237 g/mol. The summed E-state index contributed by atoms with van der Waals surface area (Å²) in [7, 11) is -2.63. The smallest absolute Gasteiger partial charge is 0.337 e. The maximum atomic E-state index is 11.7. The molecule has 0 saturated heterocycles. The molecule has 1 aromatic carbocycles. The fraction of sp³-hybridized carbons (Fsp3) is 0.417. The first-order valence-electron chi connectivity index (χ1n) is 5.20. The fourth-order valence-electron chi connectivity index (χ4n) is 1.75. The van der Waals surface area contributed by atoms with Crippen molar-refractivity contribution in [2.45, 2.75) is 20.8 Å². The van der Waals surface area contributed by atoms with Gasteiger partial charge in [0.25, 0.3) is 0 Å². The topological polar surface area (TPSA) is 53.7 Å². The van der Waals surface area contributed by atoms with E-state index in [1.165, 1.54) is 0 Å². The molecule has 17 heavy (non-hydrogen) atoms. The van der Waals surface area contributed by atoms with Gasteiger partial charge in [-0.3, -0.25) is 4.57 Å². The van der Waals surface area contributed by atoms with Crippen LogP contribution in [0, 0.1) is 32.0 Å². The van der Waals surface area contributed by atoms with Crippen molar-refractivity contribution in [1.29, 1.82) is 0 Å². The van der Waals surface area contributed by atoms with E-state index >= 15 is 0 Å². The molecule has 4 nitrogen and oxygen atoms in total. The first kappa shape index (κ1) is 13.6. The van der Waals surface area contributed by atoms with Crippen LogP contribution in [0.5, 0.6) is 5.75 Å². The lowest BCUT2D eigenvalue weighted by atomic mass is 9.99. The molecule has 0 radical (unpaired) electrons. The van der Waals surface area contributed by atoms with Crippen molar-refractivity contribution >= 4 is 7.37 Å². The average molecular weight is 253 g/mol. The van der Waals surface area contributed by atoms with E-state index in [4.69, 9.17) is 4.52 Å². The number of rotatable bonds is 2. The van der Waals surface area contributed by atoms with Gasteiger partial charge in [-0.2, -0.15) is 0 Å². The first-order valence-corrected chi connectivity index (χ1v) is 7.72. The lowest BCUT2D eigenvalue weighted by molar-refractivity contribution is 0.490. The molecule has 0 spiro atoms. The van der Waals surface area contributed by atoms with Gasteiger partial charge in [-0.1, -0.05) is 6.07 Å². The fourth-order valence-corrected chi connectivity index (χ4v) is 2.47. The van der Waals surface area contributed by atoms with Gasteiger partial charge in [0.15, 0.2) is 0 Å². The molecule has 0 saturated carbocycles. The maximum Gasteiger partial charge on any atom is 0.337 e. The van der Waals surface area contributed by atoms with E-state index in [2.05, 4.69) is 11.1 Å². The molecule has 0 atom stereocenters. The summed E-state index contributed by atoms with van der Waals surface area (Å²) in [5, 5.41) is 13.0. The molecule has 5 heteroatoms. The van der Waals surface area contributed by atoms with Gasteiger partial charge in [0, 0.05) is 23.9 Å². The van der Waals surface area contributed by atoms with E-state index in [1.54, 1.807) is 20.3 Å². The summed E-state index contributed by atoms with van der Waals surface area (Å²) < 4.78 is 17.2. The zero-order chi connectivity index (χ0) is 13.2. The highest BCUT2D eigenvalue weighted by Gasteiger charge is 2.18. The van der Waals surface area contributed by atoms with Crippen molar-refractivity contribution in [3.8, 4) is 11.8 Å². The van der Waals surface area contributed by atoms with Crippen LogP contribution in [0.4, 0.5) is 0 Å². The lowest BCUT2D eigenvalue weighted by Gasteiger charge is -2.16. The standard InChI is InChI=1S/C12H16NO3P/c1-8-6-9(2)12(16-17(4,5)15)10(3)11(8)7-13-14/h6H,1-5H3. The molecule has 0 fully saturated rings. The molecule has 0 N–H and O–H groups in total. The zero-order valence-electron chi connectivity index (χ0n) is 10.7. The molecule has 0 amide bonds. The van der Waals surface area contributed by atoms with E-state index in [9.17, 15) is 9.77 Å². The quantitative estimate of drug-likeness (QED) is 0.596. The van der Waals surface area contributed by atoms with Crippen LogP contribution in [0.1, 0.15) is 22.3 Å². The summed E-state index contributed by atoms with van der Waals surface area (Å²) >= 11 is 0. The molecule has 0 aromatic heterocycles. The minimum Gasteiger partial charge on any atom is -0.498 e. The van der Waals surface area contributed by atoms with Crippen LogP contribution in [0.15, 0.2) is 6.07 Å². The maximum absolute atomic E-state index is 11.7. The molecule has 0 aliphatic rings. The third kappa shape index (κ3) is 3.25. The Hall–Kier alpha value is -1.46. The van der Waals surface area contributed by atoms with Gasteiger partial charge in [-0.25, -0.2) is 0 Å². The number of aryl methyl sites for hydroxylation is 2. The van der Waals surface area contributed by atoms with Gasteiger partial charge < -0.3 is 9.73 Å². The van der Waals surface area contributed by atoms with Crippen LogP contribution in [0.2, 0.25) is 0 Å². The van der Waals surface area contributed by atoms with Crippen LogP contribution < -0.4 is 4.52 Å². The SMILES string of the molecule is Cc1cc(C)c(OP(C)(C)=O)c(C)c1C#[N+][O-]. The molecule has 0 aliphatic heterocycles. The number of hydrogen-bond donors (Lipinski definition) is 0. The average Bonchev–Trinajstić information content (AvgIpc) is 2.18. The largest absolute Gasteiger partial charge is 0.498 e. The molecule has 0 heterocycles. The Bertz CT molecular complexity index is 549. The Morgan fingerprint density at radius 3 is 2.35 bits per heavy atom. The van der Waals surface area contributed by atoms with Crippen LogP contribution in [-0.2, 0) is 4.57 Å². The van der Waals surface area contributed by atoms with Gasteiger partial charge >= 0.3 is 6.07 Å². The van der Waals surface area contributed by atoms with Crippen molar-refractivity contribution in [2.24, 2.45) is 0 Å². The van der Waals surface area contributed by atoms with Gasteiger partial charge in [0.1, 0.15) is 11.3 Å². The lowest BCUT2D eigenvalue weighted by Crippen LogP contribution is -1.98. The van der Waals surface area contributed by atoms with Crippen LogP contribution in [0.3, 0.4) is 0 Å². The molecule has 1 aromatic rings. The Morgan fingerprint density at radius 1 is 1.29 bits per heavy atom. The Balaban J connectivity index is 3.44. The Kier molecular flexibility index (Phi) is 3.85. The molecular formula is C12H16NO3P. The predicted octanol–water partition coefficient (Wildman–Crippen LogP) is 3.71. The highest BCUT2D eigenvalue weighted by molar-refractivity contribution is 7.57. The summed E-state index contributed by atoms with van der Waals surface area (Å²) in [5.74, 6) is 0.551. The minimum absolute atomic E-state index is 0.551. The van der Waals surface area contributed by atoms with Crippen molar-refractivity contribution in [1.82, 2.24) is 0 Å². The van der Waals surface area contributed by atoms with E-state index in [0.29, 0.717) is 11.3 Å². The first-order chi connectivity index (χ1) is 7.76. The van der Waals surface area contributed by atoms with Gasteiger partial charge in [0.2, 0.25) is 7.37 Å². The normalized spacial score (nSPS) is 10.6. The van der Waals surface area contributed by atoms with E-state index in [1.807, 2.05) is 19.9 Å². The highest BCUT2D eigenvalue weighted by Crippen LogP contribution is 2.42. The summed E-state index contributed by atoms with van der Waals surface area (Å²) in [4.78, 5) is 0. The summed E-state index contributed by atoms with van der Waals surface area (Å²) in [6.07, 6.45) is 0. The number of nitrogens with zero attached hydrogens (tertiary/aromatic N) is 1. The second-order valence-electron chi connectivity index (χ2n) is 4.39. The monoisotopic (exact) mass is 253 g/mol. The number of hydrogen-bond acceptors (Lipinski definition) is 3. The second kappa shape index (κ2) is 4.81. The van der Waals surface area contributed by atoms with Crippen molar-refractivity contribution in [3.05, 3.63) is 38.5 Å². The predicted molar refractivity (Wildman–Crippen MR) is 70.5 cm³/mol. The van der Waals surface area contributed by atoms with Crippen molar-refractivity contribution in [2.75, 3.05) is 13.3 Å². The third-order valence-electron chi connectivity index (χ3n) is 2.37. The Labute approximate surface area is 101 Å². The second-order valence-corrected chi connectivity index (χ2v) is 7.07. The molecule has 0 bridgehead atoms. The molecule has 0 aliphatic carbocycles. The molecule has 92 valence electrons. The summed E-state index contributed by atoms with van der Waals surface area (Å²) in [6, 6.07) is 4.26. The third-order valence-corrected chi connectivity index (χ3v) is 2.99. The van der Waals surface area contributed by atoms with Gasteiger partial charge in [0.05, 0.1) is 0 Å². The van der Waals surface area contributed by atoms with Crippen molar-refractivity contribution in [3.63, 3.8) is 0 Å². The summed E-state index contributed by atoms with van der Waals surface area (Å²) in [6.45, 7) is 8.66. The van der Waals surface area contributed by atoms with Crippen LogP contribution in [-0.4, -0.2) is 13.3 Å². The summed E-state index contributed by atoms with van der Waals surface area (Å²) in [5.41, 5.74) is 3.13. The zero-order valence-corrected chi connectivity index (χ0v) is 11.6. The van der Waals surface area contributed by atoms with Gasteiger partial charge in [-0.15, -0.1) is 0 Å². The van der Waals surface area contributed by atoms with E-state index in [0.717, 1.165) is 16.7 Å². The van der Waals surface area contributed by atoms with Crippen LogP contribution in [0.25, 0.3) is 5.01 Å². The molecule has 0 unspecified atom stereocenters. The Morgan fingerprint density at radius 2 is 1.88 bits per heavy atom. The van der Waals surface area contributed by atoms with Gasteiger partial charge in [-0.05, 0) is 31.9 Å². The van der Waals surface area contributed by atoms with Crippen molar-refractivity contribution < 1.29 is 9.09 Å². The van der Waals surface area contributed by atoms with E-state index < -0.39 is 7.37 Å². The molecule has 1 rings (SSSR count). The number of benzene rings is 1. The highest BCUT2D eigenvalue weighted by atomic mass is 31.2.